The second kappa shape index (κ2) is 24.3. The monoisotopic (exact) mass is 859 g/mol. The number of hydrogen-bond donors (Lipinski definition) is 5. The van der Waals surface area contributed by atoms with Gasteiger partial charge in [0.25, 0.3) is 0 Å². The number of fused-ring (bicyclic) bond motifs is 6. The zero-order chi connectivity index (χ0) is 46.1. The number of rotatable bonds is 14. The standard InChI is InChI=1S/C41H52N6O3.2C2H5NO2.CH4O/c1-8-12-39(48)46(26(6)10-3)23-38-43-34-16-14-28-19-33-31-15-13-29(18-30(31)24-50-36(33)20-32(28)41(34)45-38)35-21-42-37(44-35)22-47(27(7)11-4)40(49)17-25(5)9-2;2*1-5-2(3)4;1-2/h13-16,18-21,25-27H,8-12,17,22-24H2,1-7H3,(H,42,44)(H,43,45);2*1H3,(H2,3,4);2H,1H3/t25?,26-,27-;;;/m0.../s1. The van der Waals surface area contributed by atoms with Crippen molar-refractivity contribution in [3.05, 3.63) is 65.9 Å². The number of nitrogens with one attached hydrogen (secondary N) is 2. The summed E-state index contributed by atoms with van der Waals surface area (Å²) in [5.41, 5.74) is 16.0. The average Bonchev–Trinajstić information content (AvgIpc) is 3.94. The molecule has 0 spiro atoms. The molecule has 6 rings (SSSR count). The van der Waals surface area contributed by atoms with Crippen molar-refractivity contribution in [3.63, 3.8) is 0 Å². The maximum absolute atomic E-state index is 13.2. The summed E-state index contributed by atoms with van der Waals surface area (Å²) < 4.78 is 14.2. The molecule has 0 saturated heterocycles. The zero-order valence-electron chi connectivity index (χ0n) is 38.0. The maximum Gasteiger partial charge on any atom is 0.404 e. The van der Waals surface area contributed by atoms with Crippen molar-refractivity contribution in [2.45, 2.75) is 119 Å². The number of amides is 4. The minimum Gasteiger partial charge on any atom is -0.488 e. The van der Waals surface area contributed by atoms with Gasteiger partial charge in [-0.2, -0.15) is 0 Å². The number of carbonyl (C=O) groups is 4. The van der Waals surface area contributed by atoms with Gasteiger partial charge in [-0.05, 0) is 85.4 Å². The van der Waals surface area contributed by atoms with Gasteiger partial charge in [0.05, 0.1) is 50.2 Å². The van der Waals surface area contributed by atoms with E-state index in [1.54, 1.807) is 0 Å². The SMILES string of the molecule is CCCC(=O)N(Cc1nc2c(ccc3cc4c(cc32)OCc2cc(-c3cnc(CN(C(=O)CC(C)CC)[C@@H](C)CC)[nH]3)ccc2-4)[nH]1)[C@@H](C)CC.CO.COC(N)=O.COC(N)=O. The minimum atomic E-state index is -0.745. The maximum atomic E-state index is 13.2. The number of H-pyrrole nitrogens is 2. The molecule has 338 valence electrons. The highest BCUT2D eigenvalue weighted by Crippen LogP contribution is 2.42. The van der Waals surface area contributed by atoms with E-state index in [0.717, 1.165) is 99.9 Å². The first-order chi connectivity index (χ1) is 29.7. The third kappa shape index (κ3) is 13.2. The fraction of sp³-hybridized carbons (Fsp3) is 0.478. The van der Waals surface area contributed by atoms with Crippen LogP contribution in [0.3, 0.4) is 0 Å². The lowest BCUT2D eigenvalue weighted by molar-refractivity contribution is -0.135. The molecule has 5 aromatic rings. The number of ether oxygens (including phenoxy) is 3. The molecule has 16 nitrogen and oxygen atoms in total. The lowest BCUT2D eigenvalue weighted by Gasteiger charge is -2.29. The fourth-order valence-electron chi connectivity index (χ4n) is 6.83. The Labute approximate surface area is 364 Å². The number of primary amides is 2. The first-order valence-corrected chi connectivity index (χ1v) is 21.1. The molecule has 16 heteroatoms. The van der Waals surface area contributed by atoms with Gasteiger partial charge < -0.3 is 50.6 Å². The van der Waals surface area contributed by atoms with E-state index in [1.807, 2.05) is 22.9 Å². The third-order valence-corrected chi connectivity index (χ3v) is 10.9. The van der Waals surface area contributed by atoms with Crippen molar-refractivity contribution >= 4 is 45.8 Å². The number of benzene rings is 3. The van der Waals surface area contributed by atoms with Crippen molar-refractivity contribution in [2.75, 3.05) is 21.3 Å². The number of methoxy groups -OCH3 is 2. The Morgan fingerprint density at radius 2 is 1.42 bits per heavy atom. The largest absolute Gasteiger partial charge is 0.488 e. The topological polar surface area (TPSA) is 232 Å². The number of aliphatic hydroxyl groups is 1. The average molecular weight is 859 g/mol. The van der Waals surface area contributed by atoms with Gasteiger partial charge in [0, 0.05) is 43.0 Å². The van der Waals surface area contributed by atoms with Crippen molar-refractivity contribution in [1.82, 2.24) is 29.7 Å². The number of aliphatic hydroxyl groups excluding tert-OH is 1. The summed E-state index contributed by atoms with van der Waals surface area (Å²) in [6, 6.07) is 15.3. The van der Waals surface area contributed by atoms with Crippen LogP contribution >= 0.6 is 0 Å². The van der Waals surface area contributed by atoms with Crippen LogP contribution in [0.5, 0.6) is 5.75 Å². The zero-order valence-corrected chi connectivity index (χ0v) is 38.0. The summed E-state index contributed by atoms with van der Waals surface area (Å²) >= 11 is 0. The normalized spacial score (nSPS) is 12.6. The molecular formula is C46H66N8O8. The molecule has 4 amide bonds. The van der Waals surface area contributed by atoms with E-state index >= 15 is 0 Å². The molecule has 62 heavy (non-hydrogen) atoms. The number of aromatic nitrogens is 4. The van der Waals surface area contributed by atoms with Gasteiger partial charge in [-0.25, -0.2) is 19.6 Å². The molecular weight excluding hydrogens is 793 g/mol. The number of hydrogen-bond acceptors (Lipinski definition) is 10. The number of imidazole rings is 2. The smallest absolute Gasteiger partial charge is 0.404 e. The highest BCUT2D eigenvalue weighted by Gasteiger charge is 2.24. The predicted molar refractivity (Wildman–Crippen MR) is 242 cm³/mol. The molecule has 0 fully saturated rings. The molecule has 1 unspecified atom stereocenters. The Morgan fingerprint density at radius 3 is 2.00 bits per heavy atom. The number of nitrogens with zero attached hydrogens (tertiary/aromatic N) is 4. The van der Waals surface area contributed by atoms with Gasteiger partial charge in [0.2, 0.25) is 11.8 Å². The number of carbonyl (C=O) groups excluding carboxylic acids is 4. The first-order valence-electron chi connectivity index (χ1n) is 21.1. The van der Waals surface area contributed by atoms with Crippen LogP contribution < -0.4 is 16.2 Å². The van der Waals surface area contributed by atoms with E-state index in [4.69, 9.17) is 14.8 Å². The number of aromatic amines is 2. The Bertz CT molecular complexity index is 2240. The van der Waals surface area contributed by atoms with E-state index in [9.17, 15) is 19.2 Å². The molecule has 2 aromatic heterocycles. The van der Waals surface area contributed by atoms with Crippen LogP contribution in [0.4, 0.5) is 9.59 Å². The van der Waals surface area contributed by atoms with Gasteiger partial charge in [0.1, 0.15) is 24.0 Å². The minimum absolute atomic E-state index is 0.143. The summed E-state index contributed by atoms with van der Waals surface area (Å²) in [4.78, 5) is 65.4. The fourth-order valence-corrected chi connectivity index (χ4v) is 6.83. The molecule has 0 saturated carbocycles. The summed E-state index contributed by atoms with van der Waals surface area (Å²) in [6.07, 6.45) is 5.08. The molecule has 3 atom stereocenters. The van der Waals surface area contributed by atoms with Crippen LogP contribution in [0.2, 0.25) is 0 Å². The molecule has 0 aliphatic carbocycles. The van der Waals surface area contributed by atoms with Crippen LogP contribution in [0, 0.1) is 5.92 Å². The molecule has 1 aliphatic heterocycles. The van der Waals surface area contributed by atoms with Gasteiger partial charge >= 0.3 is 12.2 Å². The Balaban J connectivity index is 0.000000758. The highest BCUT2D eigenvalue weighted by atomic mass is 16.5. The van der Waals surface area contributed by atoms with Gasteiger partial charge in [-0.3, -0.25) is 9.59 Å². The van der Waals surface area contributed by atoms with E-state index in [0.29, 0.717) is 38.5 Å². The quantitative estimate of drug-likeness (QED) is 0.0718. The van der Waals surface area contributed by atoms with Crippen LogP contribution in [-0.4, -0.2) is 92.3 Å². The molecule has 3 aromatic carbocycles. The lowest BCUT2D eigenvalue weighted by atomic mass is 9.92. The lowest BCUT2D eigenvalue weighted by Crippen LogP contribution is -2.38. The van der Waals surface area contributed by atoms with Gasteiger partial charge in [-0.15, -0.1) is 0 Å². The van der Waals surface area contributed by atoms with Crippen LogP contribution in [0.15, 0.2) is 48.7 Å². The Morgan fingerprint density at radius 1 is 0.806 bits per heavy atom. The van der Waals surface area contributed by atoms with Crippen molar-refractivity contribution in [1.29, 1.82) is 0 Å². The molecule has 1 aliphatic rings. The van der Waals surface area contributed by atoms with E-state index < -0.39 is 12.2 Å². The van der Waals surface area contributed by atoms with Gasteiger partial charge in [-0.1, -0.05) is 59.2 Å². The van der Waals surface area contributed by atoms with Crippen LogP contribution in [-0.2, 0) is 38.8 Å². The second-order valence-electron chi connectivity index (χ2n) is 15.2. The Kier molecular flexibility index (Phi) is 19.7. The summed E-state index contributed by atoms with van der Waals surface area (Å²) in [7, 11) is 3.45. The predicted octanol–water partition coefficient (Wildman–Crippen LogP) is 8.19. The van der Waals surface area contributed by atoms with Crippen LogP contribution in [0.25, 0.3) is 44.2 Å². The number of nitrogens with two attached hydrogens (primary N) is 2. The van der Waals surface area contributed by atoms with Crippen molar-refractivity contribution in [2.24, 2.45) is 17.4 Å². The second-order valence-corrected chi connectivity index (χ2v) is 15.2. The van der Waals surface area contributed by atoms with Crippen molar-refractivity contribution < 1.29 is 38.5 Å². The van der Waals surface area contributed by atoms with Crippen molar-refractivity contribution in [3.8, 4) is 28.1 Å². The summed E-state index contributed by atoms with van der Waals surface area (Å²) in [6.45, 7) is 16.1. The van der Waals surface area contributed by atoms with E-state index in [-0.39, 0.29) is 23.9 Å². The first kappa shape index (κ1) is 50.2. The van der Waals surface area contributed by atoms with Crippen LogP contribution in [0.1, 0.15) is 104 Å². The third-order valence-electron chi connectivity index (χ3n) is 10.9. The Hall–Kier alpha value is -6.16. The highest BCUT2D eigenvalue weighted by molar-refractivity contribution is 6.07. The molecule has 0 radical (unpaired) electrons. The van der Waals surface area contributed by atoms with E-state index in [2.05, 4.69) is 120 Å². The molecule has 7 N–H and O–H groups in total. The van der Waals surface area contributed by atoms with Gasteiger partial charge in [0.15, 0.2) is 0 Å². The molecule has 3 heterocycles. The summed E-state index contributed by atoms with van der Waals surface area (Å²) in [5, 5.41) is 9.11. The summed E-state index contributed by atoms with van der Waals surface area (Å²) in [5.74, 6) is 3.13. The molecule has 0 bridgehead atoms. The van der Waals surface area contributed by atoms with E-state index in [1.165, 1.54) is 14.2 Å².